The molecule has 0 atom stereocenters. The van der Waals surface area contributed by atoms with Crippen molar-refractivity contribution < 1.29 is 8.42 Å². The van der Waals surface area contributed by atoms with Crippen molar-refractivity contribution in [1.82, 2.24) is 14.1 Å². The molecule has 0 saturated carbocycles. The summed E-state index contributed by atoms with van der Waals surface area (Å²) in [4.78, 5) is 0.325. The Labute approximate surface area is 132 Å². The molecule has 0 aliphatic heterocycles. The van der Waals surface area contributed by atoms with E-state index in [4.69, 9.17) is 0 Å². The van der Waals surface area contributed by atoms with Crippen molar-refractivity contribution >= 4 is 10.0 Å². The van der Waals surface area contributed by atoms with E-state index in [0.717, 1.165) is 28.9 Å². The molecule has 0 unspecified atom stereocenters. The highest BCUT2D eigenvalue weighted by atomic mass is 32.2. The second-order valence-electron chi connectivity index (χ2n) is 5.53. The van der Waals surface area contributed by atoms with Crippen LogP contribution >= 0.6 is 0 Å². The van der Waals surface area contributed by atoms with Crippen molar-refractivity contribution in [1.29, 1.82) is 0 Å². The van der Waals surface area contributed by atoms with Gasteiger partial charge >= 0.3 is 0 Å². The van der Waals surface area contributed by atoms with Crippen LogP contribution in [0.25, 0.3) is 0 Å². The lowest BCUT2D eigenvalue weighted by Crippen LogP contribution is -2.27. The predicted octanol–water partition coefficient (Wildman–Crippen LogP) is 2.42. The lowest BCUT2D eigenvalue weighted by atomic mass is 10.2. The van der Waals surface area contributed by atoms with E-state index in [-0.39, 0.29) is 0 Å². The fourth-order valence-corrected chi connectivity index (χ4v) is 3.57. The molecular weight excluding hydrogens is 298 g/mol. The zero-order chi connectivity index (χ0) is 16.5. The Morgan fingerprint density at radius 1 is 1.18 bits per heavy atom. The van der Waals surface area contributed by atoms with Gasteiger partial charge in [-0.2, -0.15) is 9.40 Å². The summed E-state index contributed by atoms with van der Waals surface area (Å²) >= 11 is 0. The van der Waals surface area contributed by atoms with Crippen molar-refractivity contribution in [3.8, 4) is 0 Å². The van der Waals surface area contributed by atoms with Crippen LogP contribution in [0.5, 0.6) is 0 Å². The highest BCUT2D eigenvalue weighted by molar-refractivity contribution is 7.89. The summed E-state index contributed by atoms with van der Waals surface area (Å²) < 4.78 is 28.5. The maximum atomic E-state index is 12.7. The number of hydrogen-bond acceptors (Lipinski definition) is 3. The van der Waals surface area contributed by atoms with E-state index in [1.54, 1.807) is 23.9 Å². The number of sulfonamides is 1. The maximum Gasteiger partial charge on any atom is 0.243 e. The lowest BCUT2D eigenvalue weighted by molar-refractivity contribution is 0.465. The number of rotatable bonds is 5. The fraction of sp³-hybridized carbons (Fsp3) is 0.438. The first-order valence-electron chi connectivity index (χ1n) is 7.31. The SMILES string of the molecule is CCc1ccc(S(=O)(=O)N(C)Cc2c(C)nn(C)c2C)cc1. The topological polar surface area (TPSA) is 55.2 Å². The minimum Gasteiger partial charge on any atom is -0.272 e. The van der Waals surface area contributed by atoms with E-state index >= 15 is 0 Å². The Kier molecular flexibility index (Phi) is 4.72. The Morgan fingerprint density at radius 3 is 2.23 bits per heavy atom. The molecule has 1 heterocycles. The molecule has 0 radical (unpaired) electrons. The molecule has 120 valence electrons. The normalized spacial score (nSPS) is 12.1. The standard InChI is InChI=1S/C16H23N3O2S/c1-6-14-7-9-15(10-8-14)22(20,21)18(4)11-16-12(2)17-19(5)13(16)3/h7-10H,6,11H2,1-5H3. The fourth-order valence-electron chi connectivity index (χ4n) is 2.43. The van der Waals surface area contributed by atoms with Gasteiger partial charge in [-0.25, -0.2) is 8.42 Å². The first kappa shape index (κ1) is 16.7. The van der Waals surface area contributed by atoms with Crippen LogP contribution in [0.1, 0.15) is 29.4 Å². The summed E-state index contributed by atoms with van der Waals surface area (Å²) in [6.45, 7) is 6.22. The molecule has 0 aliphatic rings. The second-order valence-corrected chi connectivity index (χ2v) is 7.58. The maximum absolute atomic E-state index is 12.7. The Hall–Kier alpha value is -1.66. The summed E-state index contributed by atoms with van der Waals surface area (Å²) in [5.41, 5.74) is 3.93. The number of nitrogens with zero attached hydrogens (tertiary/aromatic N) is 3. The van der Waals surface area contributed by atoms with E-state index < -0.39 is 10.0 Å². The van der Waals surface area contributed by atoms with Gasteiger partial charge in [0.2, 0.25) is 10.0 Å². The number of aryl methyl sites for hydroxylation is 3. The van der Waals surface area contributed by atoms with Gasteiger partial charge in [0.25, 0.3) is 0 Å². The highest BCUT2D eigenvalue weighted by Gasteiger charge is 2.23. The average Bonchev–Trinajstić information content (AvgIpc) is 2.73. The first-order chi connectivity index (χ1) is 10.3. The van der Waals surface area contributed by atoms with Crippen LogP contribution in [0.4, 0.5) is 0 Å². The molecule has 0 spiro atoms. The van der Waals surface area contributed by atoms with E-state index in [9.17, 15) is 8.42 Å². The van der Waals surface area contributed by atoms with E-state index in [0.29, 0.717) is 11.4 Å². The van der Waals surface area contributed by atoms with Crippen molar-refractivity contribution in [2.75, 3.05) is 7.05 Å². The van der Waals surface area contributed by atoms with Gasteiger partial charge in [0.15, 0.2) is 0 Å². The number of aromatic nitrogens is 2. The van der Waals surface area contributed by atoms with Crippen LogP contribution in [-0.2, 0) is 30.0 Å². The summed E-state index contributed by atoms with van der Waals surface area (Å²) in [6.07, 6.45) is 0.893. The third kappa shape index (κ3) is 3.08. The van der Waals surface area contributed by atoms with Gasteiger partial charge in [-0.1, -0.05) is 19.1 Å². The van der Waals surface area contributed by atoms with Crippen LogP contribution in [0.15, 0.2) is 29.2 Å². The van der Waals surface area contributed by atoms with Gasteiger partial charge in [0.05, 0.1) is 10.6 Å². The molecule has 2 aromatic rings. The van der Waals surface area contributed by atoms with E-state index in [1.165, 1.54) is 4.31 Å². The minimum atomic E-state index is -3.49. The van der Waals surface area contributed by atoms with Crippen molar-refractivity contribution in [3.05, 3.63) is 46.8 Å². The summed E-state index contributed by atoms with van der Waals surface area (Å²) in [5.74, 6) is 0. The molecule has 0 aliphatic carbocycles. The van der Waals surface area contributed by atoms with Gasteiger partial charge in [-0.05, 0) is 38.0 Å². The van der Waals surface area contributed by atoms with Crippen LogP contribution in [0.3, 0.4) is 0 Å². The summed E-state index contributed by atoms with van der Waals surface area (Å²) in [6, 6.07) is 7.07. The van der Waals surface area contributed by atoms with Gasteiger partial charge in [0.1, 0.15) is 0 Å². The molecule has 22 heavy (non-hydrogen) atoms. The Balaban J connectivity index is 2.28. The first-order valence-corrected chi connectivity index (χ1v) is 8.75. The molecular formula is C16H23N3O2S. The van der Waals surface area contributed by atoms with E-state index in [2.05, 4.69) is 5.10 Å². The molecule has 1 aromatic heterocycles. The van der Waals surface area contributed by atoms with Crippen LogP contribution in [0, 0.1) is 13.8 Å². The molecule has 5 nitrogen and oxygen atoms in total. The summed E-state index contributed by atoms with van der Waals surface area (Å²) in [5, 5.41) is 4.34. The molecule has 2 rings (SSSR count). The molecule has 6 heteroatoms. The van der Waals surface area contributed by atoms with Crippen LogP contribution in [-0.4, -0.2) is 29.6 Å². The van der Waals surface area contributed by atoms with Gasteiger partial charge in [-0.3, -0.25) is 4.68 Å². The highest BCUT2D eigenvalue weighted by Crippen LogP contribution is 2.20. The van der Waals surface area contributed by atoms with Crippen LogP contribution < -0.4 is 0 Å². The monoisotopic (exact) mass is 321 g/mol. The number of benzene rings is 1. The Morgan fingerprint density at radius 2 is 1.77 bits per heavy atom. The molecule has 0 fully saturated rings. The molecule has 0 amide bonds. The largest absolute Gasteiger partial charge is 0.272 e. The van der Waals surface area contributed by atoms with E-state index in [1.807, 2.05) is 40.0 Å². The minimum absolute atomic E-state index is 0.323. The average molecular weight is 321 g/mol. The number of hydrogen-bond donors (Lipinski definition) is 0. The van der Waals surface area contributed by atoms with Gasteiger partial charge in [0, 0.05) is 31.9 Å². The van der Waals surface area contributed by atoms with Crippen molar-refractivity contribution in [2.45, 2.75) is 38.6 Å². The van der Waals surface area contributed by atoms with Gasteiger partial charge < -0.3 is 0 Å². The van der Waals surface area contributed by atoms with Crippen molar-refractivity contribution in [3.63, 3.8) is 0 Å². The molecule has 1 aromatic carbocycles. The quantitative estimate of drug-likeness (QED) is 0.850. The Bertz CT molecular complexity index is 761. The molecule has 0 N–H and O–H groups in total. The summed E-state index contributed by atoms with van der Waals surface area (Å²) in [7, 11) is -0.0191. The zero-order valence-corrected chi connectivity index (χ0v) is 14.6. The third-order valence-corrected chi connectivity index (χ3v) is 5.90. The smallest absolute Gasteiger partial charge is 0.243 e. The third-order valence-electron chi connectivity index (χ3n) is 4.08. The zero-order valence-electron chi connectivity index (χ0n) is 13.8. The molecule has 0 bridgehead atoms. The predicted molar refractivity (Wildman–Crippen MR) is 87.2 cm³/mol. The second kappa shape index (κ2) is 6.22. The van der Waals surface area contributed by atoms with Crippen LogP contribution in [0.2, 0.25) is 0 Å². The lowest BCUT2D eigenvalue weighted by Gasteiger charge is -2.17. The molecule has 0 saturated heterocycles. The van der Waals surface area contributed by atoms with Gasteiger partial charge in [-0.15, -0.1) is 0 Å². The van der Waals surface area contributed by atoms with Crippen molar-refractivity contribution in [2.24, 2.45) is 7.05 Å².